The molecule has 1 fully saturated rings. The summed E-state index contributed by atoms with van der Waals surface area (Å²) in [5.41, 5.74) is 0.932. The first kappa shape index (κ1) is 6.49. The monoisotopic (exact) mass is 125 g/mol. The van der Waals surface area contributed by atoms with E-state index in [1.54, 1.807) is 0 Å². The highest BCUT2D eigenvalue weighted by molar-refractivity contribution is 5.96. The van der Waals surface area contributed by atoms with Gasteiger partial charge in [0.25, 0.3) is 0 Å². The molecule has 1 aliphatic rings. The van der Waals surface area contributed by atoms with Gasteiger partial charge in [-0.15, -0.1) is 0 Å². The molecule has 1 N–H and O–H groups in total. The second-order valence-electron chi connectivity index (χ2n) is 2.16. The maximum Gasteiger partial charge on any atom is 0.161 e. The van der Waals surface area contributed by atoms with Gasteiger partial charge < -0.3 is 5.32 Å². The zero-order chi connectivity index (χ0) is 6.69. The van der Waals surface area contributed by atoms with E-state index in [0.29, 0.717) is 12.2 Å². The van der Waals surface area contributed by atoms with Crippen molar-refractivity contribution in [3.63, 3.8) is 0 Å². The van der Waals surface area contributed by atoms with Gasteiger partial charge in [0.1, 0.15) is 0 Å². The fourth-order valence-electron chi connectivity index (χ4n) is 0.947. The van der Waals surface area contributed by atoms with Gasteiger partial charge in [-0.05, 0) is 6.92 Å². The number of carbonyl (C=O) groups is 1. The predicted molar refractivity (Wildman–Crippen MR) is 36.3 cm³/mol. The molecule has 0 unspecified atom stereocenters. The fraction of sp³-hybridized carbons (Fsp3) is 0.571. The number of nitrogens with one attached hydrogen (secondary N) is 1. The number of hydrogen-bond acceptors (Lipinski definition) is 2. The lowest BCUT2D eigenvalue weighted by Gasteiger charge is -2.12. The Morgan fingerprint density at radius 3 is 2.89 bits per heavy atom. The molecule has 0 aromatic rings. The number of hydrogen-bond donors (Lipinski definition) is 1. The van der Waals surface area contributed by atoms with Crippen molar-refractivity contribution in [2.75, 3.05) is 13.1 Å². The van der Waals surface area contributed by atoms with E-state index >= 15 is 0 Å². The molecule has 0 amide bonds. The van der Waals surface area contributed by atoms with E-state index in [4.69, 9.17) is 0 Å². The summed E-state index contributed by atoms with van der Waals surface area (Å²) in [6.07, 6.45) is 2.55. The van der Waals surface area contributed by atoms with E-state index in [0.717, 1.165) is 18.7 Å². The molecule has 0 radical (unpaired) electrons. The third kappa shape index (κ3) is 1.39. The van der Waals surface area contributed by atoms with Crippen molar-refractivity contribution >= 4 is 5.78 Å². The minimum absolute atomic E-state index is 0.302. The number of rotatable bonds is 0. The number of allylic oxidation sites excluding steroid dienone is 1. The van der Waals surface area contributed by atoms with E-state index in [2.05, 4.69) is 5.32 Å². The summed E-state index contributed by atoms with van der Waals surface area (Å²) in [7, 11) is 0. The van der Waals surface area contributed by atoms with Crippen LogP contribution in [0.2, 0.25) is 0 Å². The molecule has 50 valence electrons. The summed E-state index contributed by atoms with van der Waals surface area (Å²) in [5.74, 6) is 0.302. The molecular weight excluding hydrogens is 114 g/mol. The number of piperidine rings is 1. The van der Waals surface area contributed by atoms with Crippen molar-refractivity contribution in [3.05, 3.63) is 11.6 Å². The van der Waals surface area contributed by atoms with Crippen LogP contribution in [0.25, 0.3) is 0 Å². The maximum atomic E-state index is 10.9. The summed E-state index contributed by atoms with van der Waals surface area (Å²) in [5, 5.41) is 3.13. The third-order valence-corrected chi connectivity index (χ3v) is 1.55. The summed E-state index contributed by atoms with van der Waals surface area (Å²) >= 11 is 0. The van der Waals surface area contributed by atoms with Crippen LogP contribution in [0.1, 0.15) is 13.3 Å². The Bertz CT molecular complexity index is 149. The Morgan fingerprint density at radius 1 is 1.67 bits per heavy atom. The normalized spacial score (nSPS) is 25.0. The standard InChI is InChI=1S/C7H11NO/c1-2-6-5-8-4-3-7(6)9/h2,8H,3-5H2,1H3/b6-2-. The van der Waals surface area contributed by atoms with E-state index in [-0.39, 0.29) is 0 Å². The average molecular weight is 125 g/mol. The smallest absolute Gasteiger partial charge is 0.161 e. The number of carbonyl (C=O) groups excluding carboxylic acids is 1. The SMILES string of the molecule is C/C=C1/CNCCC1=O. The first-order valence-electron chi connectivity index (χ1n) is 3.23. The highest BCUT2D eigenvalue weighted by atomic mass is 16.1. The number of ketones is 1. The van der Waals surface area contributed by atoms with Crippen LogP contribution in [0.4, 0.5) is 0 Å². The van der Waals surface area contributed by atoms with Crippen LogP contribution in [0, 0.1) is 0 Å². The van der Waals surface area contributed by atoms with Crippen molar-refractivity contribution < 1.29 is 4.79 Å². The summed E-state index contributed by atoms with van der Waals surface area (Å²) in [4.78, 5) is 10.9. The first-order valence-corrected chi connectivity index (χ1v) is 3.23. The van der Waals surface area contributed by atoms with Gasteiger partial charge in [0.15, 0.2) is 5.78 Å². The summed E-state index contributed by atoms with van der Waals surface area (Å²) in [6, 6.07) is 0. The van der Waals surface area contributed by atoms with Gasteiger partial charge in [0.05, 0.1) is 0 Å². The molecule has 0 spiro atoms. The van der Waals surface area contributed by atoms with Gasteiger partial charge in [0, 0.05) is 25.1 Å². The van der Waals surface area contributed by atoms with Gasteiger partial charge >= 0.3 is 0 Å². The van der Waals surface area contributed by atoms with Gasteiger partial charge in [-0.25, -0.2) is 0 Å². The topological polar surface area (TPSA) is 29.1 Å². The molecule has 0 bridgehead atoms. The largest absolute Gasteiger partial charge is 0.312 e. The predicted octanol–water partition coefficient (Wildman–Crippen LogP) is 0.495. The lowest BCUT2D eigenvalue weighted by molar-refractivity contribution is -0.116. The number of Topliss-reactive ketones (excluding diaryl/α,β-unsaturated/α-hetero) is 1. The first-order chi connectivity index (χ1) is 4.34. The van der Waals surface area contributed by atoms with Crippen LogP contribution in [0.5, 0.6) is 0 Å². The Morgan fingerprint density at radius 2 is 2.44 bits per heavy atom. The molecule has 1 aliphatic heterocycles. The third-order valence-electron chi connectivity index (χ3n) is 1.55. The Kier molecular flexibility index (Phi) is 2.01. The zero-order valence-electron chi connectivity index (χ0n) is 5.61. The molecule has 9 heavy (non-hydrogen) atoms. The summed E-state index contributed by atoms with van der Waals surface area (Å²) < 4.78 is 0. The second-order valence-corrected chi connectivity index (χ2v) is 2.16. The average Bonchev–Trinajstić information content (AvgIpc) is 1.89. The lowest BCUT2D eigenvalue weighted by Crippen LogP contribution is -2.30. The van der Waals surface area contributed by atoms with E-state index in [9.17, 15) is 4.79 Å². The van der Waals surface area contributed by atoms with E-state index < -0.39 is 0 Å². The fourth-order valence-corrected chi connectivity index (χ4v) is 0.947. The lowest BCUT2D eigenvalue weighted by atomic mass is 10.1. The van der Waals surface area contributed by atoms with Crippen molar-refractivity contribution in [2.24, 2.45) is 0 Å². The van der Waals surface area contributed by atoms with Gasteiger partial charge in [-0.3, -0.25) is 4.79 Å². The van der Waals surface area contributed by atoms with E-state index in [1.165, 1.54) is 0 Å². The van der Waals surface area contributed by atoms with Crippen molar-refractivity contribution in [1.82, 2.24) is 5.32 Å². The second kappa shape index (κ2) is 2.78. The Hall–Kier alpha value is -0.630. The molecule has 0 aliphatic carbocycles. The molecule has 0 saturated carbocycles. The molecule has 1 heterocycles. The minimum atomic E-state index is 0.302. The minimum Gasteiger partial charge on any atom is -0.312 e. The summed E-state index contributed by atoms with van der Waals surface area (Å²) in [6.45, 7) is 3.51. The van der Waals surface area contributed by atoms with Gasteiger partial charge in [0.2, 0.25) is 0 Å². The zero-order valence-corrected chi connectivity index (χ0v) is 5.61. The molecule has 1 saturated heterocycles. The van der Waals surface area contributed by atoms with E-state index in [1.807, 2.05) is 13.0 Å². The van der Waals surface area contributed by atoms with Crippen LogP contribution in [0.3, 0.4) is 0 Å². The van der Waals surface area contributed by atoms with Crippen molar-refractivity contribution in [1.29, 1.82) is 0 Å². The van der Waals surface area contributed by atoms with Crippen LogP contribution in [0.15, 0.2) is 11.6 Å². The van der Waals surface area contributed by atoms with Gasteiger partial charge in [-0.2, -0.15) is 0 Å². The van der Waals surface area contributed by atoms with Crippen molar-refractivity contribution in [3.8, 4) is 0 Å². The van der Waals surface area contributed by atoms with Crippen LogP contribution in [-0.2, 0) is 4.79 Å². The van der Waals surface area contributed by atoms with Gasteiger partial charge in [-0.1, -0.05) is 6.08 Å². The highest BCUT2D eigenvalue weighted by Gasteiger charge is 2.11. The van der Waals surface area contributed by atoms with Crippen LogP contribution in [-0.4, -0.2) is 18.9 Å². The molecule has 2 nitrogen and oxygen atoms in total. The highest BCUT2D eigenvalue weighted by Crippen LogP contribution is 2.02. The molecule has 1 rings (SSSR count). The van der Waals surface area contributed by atoms with Crippen molar-refractivity contribution in [2.45, 2.75) is 13.3 Å². The molecule has 0 aromatic carbocycles. The Labute approximate surface area is 54.9 Å². The van der Waals surface area contributed by atoms with Crippen LogP contribution >= 0.6 is 0 Å². The quantitative estimate of drug-likeness (QED) is 0.477. The maximum absolute atomic E-state index is 10.9. The molecule has 0 aromatic heterocycles. The van der Waals surface area contributed by atoms with Crippen LogP contribution < -0.4 is 5.32 Å². The molecule has 2 heteroatoms. The Balaban J connectivity index is 2.60. The molecule has 0 atom stereocenters. The molecular formula is C7H11NO.